The molecule has 14 heavy (non-hydrogen) atoms. The van der Waals surface area contributed by atoms with Crippen LogP contribution in [0.25, 0.3) is 5.69 Å². The van der Waals surface area contributed by atoms with Crippen LogP contribution >= 0.6 is 11.6 Å². The molecule has 1 heterocycles. The van der Waals surface area contributed by atoms with Crippen LogP contribution in [0.4, 0.5) is 5.69 Å². The summed E-state index contributed by atoms with van der Waals surface area (Å²) in [6.07, 6.45) is 5.36. The molecule has 1 aromatic heterocycles. The molecule has 2 rings (SSSR count). The van der Waals surface area contributed by atoms with Gasteiger partial charge >= 0.3 is 0 Å². The molecule has 0 bridgehead atoms. The molecular formula is C10H10ClN3. The van der Waals surface area contributed by atoms with E-state index in [0.29, 0.717) is 5.02 Å². The molecule has 4 heteroatoms. The lowest BCUT2D eigenvalue weighted by molar-refractivity contribution is 1.06. The van der Waals surface area contributed by atoms with Crippen molar-refractivity contribution in [2.24, 2.45) is 0 Å². The first-order chi connectivity index (χ1) is 6.81. The number of benzene rings is 1. The predicted octanol–water partition coefficient (Wildman–Crippen LogP) is 2.57. The third kappa shape index (κ3) is 1.59. The van der Waals surface area contributed by atoms with E-state index in [9.17, 15) is 0 Å². The van der Waals surface area contributed by atoms with E-state index in [1.165, 1.54) is 0 Å². The summed E-state index contributed by atoms with van der Waals surface area (Å²) in [6, 6.07) is 5.83. The second-order valence-electron chi connectivity index (χ2n) is 2.88. The van der Waals surface area contributed by atoms with Crippen LogP contribution in [0.1, 0.15) is 0 Å². The van der Waals surface area contributed by atoms with Gasteiger partial charge in [0, 0.05) is 25.1 Å². The number of nitrogens with one attached hydrogen (secondary N) is 1. The topological polar surface area (TPSA) is 29.9 Å². The normalized spacial score (nSPS) is 10.1. The van der Waals surface area contributed by atoms with Gasteiger partial charge in [-0.3, -0.25) is 0 Å². The van der Waals surface area contributed by atoms with Crippen molar-refractivity contribution in [1.82, 2.24) is 9.55 Å². The summed E-state index contributed by atoms with van der Waals surface area (Å²) in [6.45, 7) is 0. The molecule has 1 N–H and O–H groups in total. The van der Waals surface area contributed by atoms with Crippen molar-refractivity contribution in [3.05, 3.63) is 41.9 Å². The van der Waals surface area contributed by atoms with E-state index in [-0.39, 0.29) is 0 Å². The van der Waals surface area contributed by atoms with E-state index >= 15 is 0 Å². The van der Waals surface area contributed by atoms with Gasteiger partial charge in [-0.25, -0.2) is 4.98 Å². The van der Waals surface area contributed by atoms with Crippen molar-refractivity contribution in [3.63, 3.8) is 0 Å². The fourth-order valence-electron chi connectivity index (χ4n) is 1.28. The number of hydrogen-bond donors (Lipinski definition) is 1. The maximum atomic E-state index is 6.05. The Bertz CT molecular complexity index is 423. The average molecular weight is 208 g/mol. The maximum Gasteiger partial charge on any atom is 0.0991 e. The van der Waals surface area contributed by atoms with Gasteiger partial charge in [0.1, 0.15) is 0 Å². The molecule has 72 valence electrons. The highest BCUT2D eigenvalue weighted by atomic mass is 35.5. The second-order valence-corrected chi connectivity index (χ2v) is 3.29. The Morgan fingerprint density at radius 1 is 1.43 bits per heavy atom. The summed E-state index contributed by atoms with van der Waals surface area (Å²) in [5.74, 6) is 0. The Balaban J connectivity index is 2.43. The fourth-order valence-corrected chi connectivity index (χ4v) is 1.55. The van der Waals surface area contributed by atoms with Crippen LogP contribution in [0.2, 0.25) is 5.02 Å². The molecule has 1 aromatic carbocycles. The molecule has 0 unspecified atom stereocenters. The first-order valence-corrected chi connectivity index (χ1v) is 4.64. The third-order valence-electron chi connectivity index (χ3n) is 2.02. The molecule has 0 radical (unpaired) electrons. The Morgan fingerprint density at radius 3 is 2.86 bits per heavy atom. The molecule has 0 saturated carbocycles. The monoisotopic (exact) mass is 207 g/mol. The number of halogens is 1. The largest absolute Gasteiger partial charge is 0.387 e. The summed E-state index contributed by atoms with van der Waals surface area (Å²) in [5, 5.41) is 3.72. The molecular weight excluding hydrogens is 198 g/mol. The van der Waals surface area contributed by atoms with Crippen molar-refractivity contribution < 1.29 is 0 Å². The minimum absolute atomic E-state index is 0.707. The minimum atomic E-state index is 0.707. The fraction of sp³-hybridized carbons (Fsp3) is 0.100. The van der Waals surface area contributed by atoms with Gasteiger partial charge in [-0.2, -0.15) is 0 Å². The smallest absolute Gasteiger partial charge is 0.0991 e. The molecule has 2 aromatic rings. The number of rotatable bonds is 2. The van der Waals surface area contributed by atoms with Crippen molar-refractivity contribution in [2.45, 2.75) is 0 Å². The third-order valence-corrected chi connectivity index (χ3v) is 2.34. The lowest BCUT2D eigenvalue weighted by Crippen LogP contribution is -1.93. The standard InChI is InChI=1S/C10H10ClN3/c1-12-10-3-2-8(6-9(10)11)14-5-4-13-7-14/h2-7,12H,1H3. The zero-order valence-corrected chi connectivity index (χ0v) is 8.49. The number of aromatic nitrogens is 2. The Hall–Kier alpha value is -1.48. The summed E-state index contributed by atoms with van der Waals surface area (Å²) in [5.41, 5.74) is 1.93. The molecule has 0 aliphatic heterocycles. The Morgan fingerprint density at radius 2 is 2.29 bits per heavy atom. The van der Waals surface area contributed by atoms with Gasteiger partial charge in [0.15, 0.2) is 0 Å². The van der Waals surface area contributed by atoms with Crippen LogP contribution in [0.3, 0.4) is 0 Å². The maximum absolute atomic E-state index is 6.05. The van der Waals surface area contributed by atoms with E-state index < -0.39 is 0 Å². The van der Waals surface area contributed by atoms with E-state index in [0.717, 1.165) is 11.4 Å². The molecule has 0 amide bonds. The zero-order valence-electron chi connectivity index (χ0n) is 7.74. The number of nitrogens with zero attached hydrogens (tertiary/aromatic N) is 2. The number of anilines is 1. The Labute approximate surface area is 87.3 Å². The highest BCUT2D eigenvalue weighted by molar-refractivity contribution is 6.33. The highest BCUT2D eigenvalue weighted by Gasteiger charge is 2.00. The average Bonchev–Trinajstić information content (AvgIpc) is 2.70. The van der Waals surface area contributed by atoms with Crippen LogP contribution < -0.4 is 5.32 Å². The number of imidazole rings is 1. The van der Waals surface area contributed by atoms with E-state index in [4.69, 9.17) is 11.6 Å². The van der Waals surface area contributed by atoms with Crippen LogP contribution in [-0.2, 0) is 0 Å². The highest BCUT2D eigenvalue weighted by Crippen LogP contribution is 2.23. The van der Waals surface area contributed by atoms with E-state index in [2.05, 4.69) is 10.3 Å². The van der Waals surface area contributed by atoms with Crippen LogP contribution in [-0.4, -0.2) is 16.6 Å². The number of hydrogen-bond acceptors (Lipinski definition) is 2. The van der Waals surface area contributed by atoms with Crippen LogP contribution in [0.15, 0.2) is 36.9 Å². The van der Waals surface area contributed by atoms with Crippen molar-refractivity contribution in [1.29, 1.82) is 0 Å². The zero-order chi connectivity index (χ0) is 9.97. The summed E-state index contributed by atoms with van der Waals surface area (Å²) in [7, 11) is 1.85. The molecule has 0 spiro atoms. The van der Waals surface area contributed by atoms with Gasteiger partial charge in [0.2, 0.25) is 0 Å². The SMILES string of the molecule is CNc1ccc(-n2ccnc2)cc1Cl. The molecule has 3 nitrogen and oxygen atoms in total. The van der Waals surface area contributed by atoms with E-state index in [1.807, 2.05) is 36.0 Å². The molecule has 0 fully saturated rings. The van der Waals surface area contributed by atoms with E-state index in [1.54, 1.807) is 12.5 Å². The molecule has 0 aliphatic carbocycles. The predicted molar refractivity (Wildman–Crippen MR) is 58.1 cm³/mol. The summed E-state index contributed by atoms with van der Waals surface area (Å²) in [4.78, 5) is 3.98. The lowest BCUT2D eigenvalue weighted by Gasteiger charge is -2.06. The van der Waals surface area contributed by atoms with Gasteiger partial charge in [0.05, 0.1) is 17.0 Å². The summed E-state index contributed by atoms with van der Waals surface area (Å²) < 4.78 is 1.91. The van der Waals surface area contributed by atoms with Gasteiger partial charge in [0.25, 0.3) is 0 Å². The Kier molecular flexibility index (Phi) is 2.41. The van der Waals surface area contributed by atoms with Crippen molar-refractivity contribution in [3.8, 4) is 5.69 Å². The summed E-state index contributed by atoms with van der Waals surface area (Å²) >= 11 is 6.05. The van der Waals surface area contributed by atoms with Crippen LogP contribution in [0, 0.1) is 0 Å². The van der Waals surface area contributed by atoms with Gasteiger partial charge in [-0.05, 0) is 18.2 Å². The lowest BCUT2D eigenvalue weighted by atomic mass is 10.3. The first-order valence-electron chi connectivity index (χ1n) is 4.27. The van der Waals surface area contributed by atoms with Crippen molar-refractivity contribution in [2.75, 3.05) is 12.4 Å². The van der Waals surface area contributed by atoms with Gasteiger partial charge in [-0.1, -0.05) is 11.6 Å². The molecule has 0 atom stereocenters. The molecule has 0 saturated heterocycles. The van der Waals surface area contributed by atoms with Crippen LogP contribution in [0.5, 0.6) is 0 Å². The van der Waals surface area contributed by atoms with Gasteiger partial charge < -0.3 is 9.88 Å². The minimum Gasteiger partial charge on any atom is -0.387 e. The van der Waals surface area contributed by atoms with Gasteiger partial charge in [-0.15, -0.1) is 0 Å². The molecule has 0 aliphatic rings. The second kappa shape index (κ2) is 3.72. The quantitative estimate of drug-likeness (QED) is 0.821. The first kappa shape index (κ1) is 9.09. The van der Waals surface area contributed by atoms with Crippen molar-refractivity contribution >= 4 is 17.3 Å².